The maximum absolute atomic E-state index is 13.1. The molecule has 158 valence electrons. The fourth-order valence-electron chi connectivity index (χ4n) is 3.66. The molecular weight excluding hydrogens is 486 g/mol. The summed E-state index contributed by atoms with van der Waals surface area (Å²) >= 11 is 9.45. The van der Waals surface area contributed by atoms with Crippen molar-refractivity contribution in [2.45, 2.75) is 13.0 Å². The van der Waals surface area contributed by atoms with Gasteiger partial charge in [0, 0.05) is 16.3 Å². The van der Waals surface area contributed by atoms with Crippen molar-refractivity contribution in [2.75, 3.05) is 12.0 Å². The van der Waals surface area contributed by atoms with Crippen LogP contribution in [0.2, 0.25) is 5.02 Å². The first-order valence-corrected chi connectivity index (χ1v) is 10.4. The fourth-order valence-corrected chi connectivity index (χ4v) is 4.42. The highest BCUT2D eigenvalue weighted by Gasteiger charge is 2.48. The molecule has 1 aliphatic heterocycles. The predicted octanol–water partition coefficient (Wildman–Crippen LogP) is 5.64. The number of aliphatic hydroxyl groups excluding tert-OH is 1. The van der Waals surface area contributed by atoms with Crippen LogP contribution in [-0.4, -0.2) is 23.9 Å². The lowest BCUT2D eigenvalue weighted by Crippen LogP contribution is -2.29. The molecule has 6 nitrogen and oxygen atoms in total. The zero-order chi connectivity index (χ0) is 22.3. The zero-order valence-electron chi connectivity index (χ0n) is 16.6. The first-order valence-electron chi connectivity index (χ1n) is 9.28. The monoisotopic (exact) mass is 501 g/mol. The summed E-state index contributed by atoms with van der Waals surface area (Å²) < 4.78 is 11.4. The van der Waals surface area contributed by atoms with Gasteiger partial charge in [-0.3, -0.25) is 14.5 Å². The Labute approximate surface area is 191 Å². The van der Waals surface area contributed by atoms with E-state index in [1.54, 1.807) is 55.5 Å². The molecular formula is C23H17BrClNO5. The van der Waals surface area contributed by atoms with Gasteiger partial charge in [-0.05, 0) is 76.9 Å². The van der Waals surface area contributed by atoms with Crippen LogP contribution in [0.15, 0.2) is 69.3 Å². The van der Waals surface area contributed by atoms with E-state index in [1.807, 2.05) is 0 Å². The first-order chi connectivity index (χ1) is 14.8. The Kier molecular flexibility index (Phi) is 5.64. The van der Waals surface area contributed by atoms with Crippen molar-refractivity contribution < 1.29 is 23.8 Å². The number of anilines is 1. The number of rotatable bonds is 4. The maximum atomic E-state index is 13.1. The van der Waals surface area contributed by atoms with Gasteiger partial charge < -0.3 is 14.3 Å². The Bertz CT molecular complexity index is 1220. The van der Waals surface area contributed by atoms with Gasteiger partial charge in [-0.15, -0.1) is 0 Å². The van der Waals surface area contributed by atoms with Gasteiger partial charge in [0.05, 0.1) is 23.4 Å². The number of hydrogen-bond donors (Lipinski definition) is 1. The topological polar surface area (TPSA) is 80.0 Å². The predicted molar refractivity (Wildman–Crippen MR) is 120 cm³/mol. The standard InChI is InChI=1S/C23H17BrClNO5/c1-12-10-14(25)6-7-16(12)26-20(18-4-3-9-31-18)19(22(28)23(26)29)21(27)13-5-8-17(30-2)15(24)11-13/h3-11,20,27H,1-2H3/b21-19-. The van der Waals surface area contributed by atoms with Gasteiger partial charge in [0.1, 0.15) is 23.3 Å². The second kappa shape index (κ2) is 8.24. The van der Waals surface area contributed by atoms with Gasteiger partial charge in [0.15, 0.2) is 0 Å². The van der Waals surface area contributed by atoms with Crippen LogP contribution in [0.1, 0.15) is 22.9 Å². The lowest BCUT2D eigenvalue weighted by molar-refractivity contribution is -0.132. The smallest absolute Gasteiger partial charge is 0.300 e. The van der Waals surface area contributed by atoms with Crippen molar-refractivity contribution in [3.8, 4) is 5.75 Å². The summed E-state index contributed by atoms with van der Waals surface area (Å²) in [4.78, 5) is 27.5. The third kappa shape index (κ3) is 3.64. The summed E-state index contributed by atoms with van der Waals surface area (Å²) in [7, 11) is 1.52. The molecule has 1 amide bonds. The molecule has 1 fully saturated rings. The third-order valence-electron chi connectivity index (χ3n) is 5.10. The van der Waals surface area contributed by atoms with Crippen LogP contribution in [0.3, 0.4) is 0 Å². The van der Waals surface area contributed by atoms with E-state index in [-0.39, 0.29) is 11.3 Å². The summed E-state index contributed by atoms with van der Waals surface area (Å²) in [6, 6.07) is 12.3. The molecule has 1 atom stereocenters. The minimum absolute atomic E-state index is 0.0635. The summed E-state index contributed by atoms with van der Waals surface area (Å²) in [5.41, 5.74) is 1.50. The average Bonchev–Trinajstić information content (AvgIpc) is 3.35. The number of benzene rings is 2. The molecule has 0 aliphatic carbocycles. The maximum Gasteiger partial charge on any atom is 0.300 e. The van der Waals surface area contributed by atoms with E-state index in [4.69, 9.17) is 20.8 Å². The molecule has 3 aromatic rings. The number of furan rings is 1. The van der Waals surface area contributed by atoms with Gasteiger partial charge in [0.25, 0.3) is 11.7 Å². The molecule has 0 bridgehead atoms. The molecule has 1 N–H and O–H groups in total. The number of ether oxygens (including phenoxy) is 1. The number of aryl methyl sites for hydroxylation is 1. The summed E-state index contributed by atoms with van der Waals surface area (Å²) in [5, 5.41) is 11.6. The van der Waals surface area contributed by atoms with Crippen LogP contribution in [0.4, 0.5) is 5.69 Å². The Hall–Kier alpha value is -3.03. The van der Waals surface area contributed by atoms with Gasteiger partial charge in [0.2, 0.25) is 0 Å². The Balaban J connectivity index is 1.93. The number of amides is 1. The SMILES string of the molecule is COc1ccc(/C(O)=C2/C(=O)C(=O)N(c3ccc(Cl)cc3C)C2c2ccco2)cc1Br. The minimum Gasteiger partial charge on any atom is -0.507 e. The normalized spacial score (nSPS) is 17.9. The van der Waals surface area contributed by atoms with Gasteiger partial charge >= 0.3 is 0 Å². The number of nitrogens with zero attached hydrogens (tertiary/aromatic N) is 1. The second-order valence-electron chi connectivity index (χ2n) is 6.96. The highest BCUT2D eigenvalue weighted by molar-refractivity contribution is 9.10. The quantitative estimate of drug-likeness (QED) is 0.284. The molecule has 1 saturated heterocycles. The lowest BCUT2D eigenvalue weighted by Gasteiger charge is -2.25. The van der Waals surface area contributed by atoms with E-state index >= 15 is 0 Å². The van der Waals surface area contributed by atoms with Crippen molar-refractivity contribution in [1.82, 2.24) is 0 Å². The van der Waals surface area contributed by atoms with Crippen LogP contribution in [0.25, 0.3) is 5.76 Å². The number of methoxy groups -OCH3 is 1. The number of carbonyl (C=O) groups is 2. The molecule has 0 spiro atoms. The molecule has 31 heavy (non-hydrogen) atoms. The minimum atomic E-state index is -0.934. The van der Waals surface area contributed by atoms with Crippen LogP contribution in [-0.2, 0) is 9.59 Å². The molecule has 4 rings (SSSR count). The summed E-state index contributed by atoms with van der Waals surface area (Å²) in [5.74, 6) is -0.961. The molecule has 8 heteroatoms. The number of halogens is 2. The largest absolute Gasteiger partial charge is 0.507 e. The number of aliphatic hydroxyl groups is 1. The number of ketones is 1. The highest BCUT2D eigenvalue weighted by Crippen LogP contribution is 2.44. The van der Waals surface area contributed by atoms with E-state index in [1.165, 1.54) is 18.3 Å². The number of hydrogen-bond acceptors (Lipinski definition) is 5. The van der Waals surface area contributed by atoms with E-state index in [0.717, 1.165) is 0 Å². The zero-order valence-corrected chi connectivity index (χ0v) is 18.9. The Morgan fingerprint density at radius 3 is 2.58 bits per heavy atom. The highest BCUT2D eigenvalue weighted by atomic mass is 79.9. The molecule has 1 aromatic heterocycles. The van der Waals surface area contributed by atoms with E-state index in [9.17, 15) is 14.7 Å². The van der Waals surface area contributed by atoms with Gasteiger partial charge in [-0.25, -0.2) is 0 Å². The van der Waals surface area contributed by atoms with Crippen LogP contribution < -0.4 is 9.64 Å². The number of Topliss-reactive ketones (excluding diaryl/α,β-unsaturated/α-hetero) is 1. The van der Waals surface area contributed by atoms with E-state index < -0.39 is 17.7 Å². The first kappa shape index (κ1) is 21.2. The average molecular weight is 503 g/mol. The summed E-state index contributed by atoms with van der Waals surface area (Å²) in [6.45, 7) is 1.79. The molecule has 0 saturated carbocycles. The summed E-state index contributed by atoms with van der Waals surface area (Å²) in [6.07, 6.45) is 1.45. The molecule has 1 unspecified atom stereocenters. The Morgan fingerprint density at radius 1 is 1.19 bits per heavy atom. The Morgan fingerprint density at radius 2 is 1.97 bits per heavy atom. The van der Waals surface area contributed by atoms with Gasteiger partial charge in [-0.2, -0.15) is 0 Å². The van der Waals surface area contributed by atoms with E-state index in [0.29, 0.717) is 37.8 Å². The second-order valence-corrected chi connectivity index (χ2v) is 8.26. The van der Waals surface area contributed by atoms with Crippen LogP contribution in [0, 0.1) is 6.92 Å². The lowest BCUT2D eigenvalue weighted by atomic mass is 9.99. The van der Waals surface area contributed by atoms with Crippen molar-refractivity contribution in [1.29, 1.82) is 0 Å². The van der Waals surface area contributed by atoms with Crippen molar-refractivity contribution >= 4 is 50.7 Å². The molecule has 1 aliphatic rings. The molecule has 2 heterocycles. The fraction of sp³-hybridized carbons (Fsp3) is 0.130. The van der Waals surface area contributed by atoms with Crippen LogP contribution >= 0.6 is 27.5 Å². The number of carbonyl (C=O) groups excluding carboxylic acids is 2. The third-order valence-corrected chi connectivity index (χ3v) is 5.96. The molecule has 0 radical (unpaired) electrons. The van der Waals surface area contributed by atoms with Crippen molar-refractivity contribution in [3.63, 3.8) is 0 Å². The van der Waals surface area contributed by atoms with Crippen LogP contribution in [0.5, 0.6) is 5.75 Å². The molecule has 2 aromatic carbocycles. The van der Waals surface area contributed by atoms with Crippen molar-refractivity contribution in [2.24, 2.45) is 0 Å². The van der Waals surface area contributed by atoms with Gasteiger partial charge in [-0.1, -0.05) is 11.6 Å². The van der Waals surface area contributed by atoms with Crippen molar-refractivity contribution in [3.05, 3.63) is 86.7 Å². The van der Waals surface area contributed by atoms with E-state index in [2.05, 4.69) is 15.9 Å².